The third-order valence-electron chi connectivity index (χ3n) is 4.00. The number of hydrogen-bond donors (Lipinski definition) is 0. The maximum absolute atomic E-state index is 12.1. The lowest BCUT2D eigenvalue weighted by Crippen LogP contribution is -2.39. The summed E-state index contributed by atoms with van der Waals surface area (Å²) in [7, 11) is 0. The maximum atomic E-state index is 12.1. The number of carbonyl (C=O) groups excluding carboxylic acids is 1. The molecule has 2 atom stereocenters. The van der Waals surface area contributed by atoms with Crippen molar-refractivity contribution in [3.8, 4) is 0 Å². The summed E-state index contributed by atoms with van der Waals surface area (Å²) in [5.74, 6) is 1.19. The molecular weight excluding hydrogens is 184 g/mol. The minimum Gasteiger partial charge on any atom is -0.299 e. The van der Waals surface area contributed by atoms with Crippen LogP contribution < -0.4 is 0 Å². The Morgan fingerprint density at radius 1 is 1.53 bits per heavy atom. The van der Waals surface area contributed by atoms with E-state index in [1.807, 2.05) is 0 Å². The molecule has 0 heterocycles. The molecule has 86 valence electrons. The van der Waals surface area contributed by atoms with E-state index in [0.717, 1.165) is 19.3 Å². The van der Waals surface area contributed by atoms with Gasteiger partial charge in [-0.05, 0) is 31.1 Å². The summed E-state index contributed by atoms with van der Waals surface area (Å²) >= 11 is 0. The molecule has 0 saturated carbocycles. The zero-order valence-electron chi connectivity index (χ0n) is 10.8. The monoisotopic (exact) mass is 208 g/mol. The SMILES string of the molecule is CCCC(=O)[C@@H]1[C@H](C)CC=C(C)C1(C)C. The predicted octanol–water partition coefficient (Wildman–Crippen LogP) is 3.98. The first-order chi connectivity index (χ1) is 6.91. The summed E-state index contributed by atoms with van der Waals surface area (Å²) in [5, 5.41) is 0. The Kier molecular flexibility index (Phi) is 3.75. The quantitative estimate of drug-likeness (QED) is 0.641. The van der Waals surface area contributed by atoms with Crippen LogP contribution in [-0.2, 0) is 4.79 Å². The number of ketones is 1. The molecule has 15 heavy (non-hydrogen) atoms. The molecule has 0 radical (unpaired) electrons. The van der Waals surface area contributed by atoms with E-state index in [0.29, 0.717) is 11.7 Å². The number of hydrogen-bond acceptors (Lipinski definition) is 1. The van der Waals surface area contributed by atoms with E-state index in [-0.39, 0.29) is 11.3 Å². The van der Waals surface area contributed by atoms with Gasteiger partial charge in [0.05, 0.1) is 0 Å². The van der Waals surface area contributed by atoms with Crippen molar-refractivity contribution in [1.82, 2.24) is 0 Å². The Balaban J connectivity index is 2.94. The Morgan fingerprint density at radius 2 is 2.13 bits per heavy atom. The van der Waals surface area contributed by atoms with Gasteiger partial charge in [0.1, 0.15) is 5.78 Å². The number of Topliss-reactive ketones (excluding diaryl/α,β-unsaturated/α-hetero) is 1. The highest BCUT2D eigenvalue weighted by Crippen LogP contribution is 2.45. The van der Waals surface area contributed by atoms with Gasteiger partial charge in [-0.15, -0.1) is 0 Å². The van der Waals surface area contributed by atoms with Crippen molar-refractivity contribution in [3.63, 3.8) is 0 Å². The molecule has 1 aliphatic carbocycles. The normalized spacial score (nSPS) is 29.8. The Labute approximate surface area is 93.9 Å². The molecular formula is C14H24O. The van der Waals surface area contributed by atoms with E-state index in [1.165, 1.54) is 5.57 Å². The van der Waals surface area contributed by atoms with Gasteiger partial charge in [0.15, 0.2) is 0 Å². The molecule has 0 amide bonds. The number of carbonyl (C=O) groups is 1. The van der Waals surface area contributed by atoms with E-state index >= 15 is 0 Å². The van der Waals surface area contributed by atoms with Crippen LogP contribution in [0.15, 0.2) is 11.6 Å². The van der Waals surface area contributed by atoms with Crippen LogP contribution in [0.1, 0.15) is 53.9 Å². The second-order valence-electron chi connectivity index (χ2n) is 5.52. The minimum atomic E-state index is 0.0594. The molecule has 0 aromatic carbocycles. The van der Waals surface area contributed by atoms with Crippen LogP contribution in [0.5, 0.6) is 0 Å². The van der Waals surface area contributed by atoms with Crippen LogP contribution in [0.4, 0.5) is 0 Å². The molecule has 0 aromatic rings. The van der Waals surface area contributed by atoms with Crippen molar-refractivity contribution in [1.29, 1.82) is 0 Å². The van der Waals surface area contributed by atoms with Crippen molar-refractivity contribution in [3.05, 3.63) is 11.6 Å². The predicted molar refractivity (Wildman–Crippen MR) is 64.7 cm³/mol. The standard InChI is InChI=1S/C14H24O/c1-6-7-12(15)13-10(2)8-9-11(3)14(13,4)5/h9-10,13H,6-8H2,1-5H3/t10-,13+/m1/s1. The van der Waals surface area contributed by atoms with Gasteiger partial charge in [-0.3, -0.25) is 4.79 Å². The van der Waals surface area contributed by atoms with E-state index in [4.69, 9.17) is 0 Å². The van der Waals surface area contributed by atoms with Gasteiger partial charge in [-0.1, -0.05) is 39.3 Å². The fraction of sp³-hybridized carbons (Fsp3) is 0.786. The van der Waals surface area contributed by atoms with Crippen LogP contribution in [0, 0.1) is 17.3 Å². The lowest BCUT2D eigenvalue weighted by molar-refractivity contribution is -0.128. The summed E-state index contributed by atoms with van der Waals surface area (Å²) in [5.41, 5.74) is 1.44. The molecule has 0 N–H and O–H groups in total. The van der Waals surface area contributed by atoms with Gasteiger partial charge in [0.2, 0.25) is 0 Å². The van der Waals surface area contributed by atoms with E-state index in [9.17, 15) is 4.79 Å². The first-order valence-corrected chi connectivity index (χ1v) is 6.11. The van der Waals surface area contributed by atoms with Crippen molar-refractivity contribution >= 4 is 5.78 Å². The Morgan fingerprint density at radius 3 is 2.67 bits per heavy atom. The molecule has 0 spiro atoms. The third-order valence-corrected chi connectivity index (χ3v) is 4.00. The van der Waals surface area contributed by atoms with Crippen LogP contribution in [0.2, 0.25) is 0 Å². The summed E-state index contributed by atoms with van der Waals surface area (Å²) in [6, 6.07) is 0. The Hall–Kier alpha value is -0.590. The summed E-state index contributed by atoms with van der Waals surface area (Å²) < 4.78 is 0. The van der Waals surface area contributed by atoms with Crippen LogP contribution >= 0.6 is 0 Å². The van der Waals surface area contributed by atoms with Crippen molar-refractivity contribution in [2.75, 3.05) is 0 Å². The average molecular weight is 208 g/mol. The molecule has 1 heteroatoms. The second-order valence-corrected chi connectivity index (χ2v) is 5.52. The van der Waals surface area contributed by atoms with Crippen LogP contribution in [0.25, 0.3) is 0 Å². The molecule has 1 aliphatic rings. The van der Waals surface area contributed by atoms with Crippen molar-refractivity contribution in [2.24, 2.45) is 17.3 Å². The van der Waals surface area contributed by atoms with E-state index < -0.39 is 0 Å². The smallest absolute Gasteiger partial charge is 0.137 e. The second kappa shape index (κ2) is 4.51. The topological polar surface area (TPSA) is 17.1 Å². The Bertz CT molecular complexity index is 273. The largest absolute Gasteiger partial charge is 0.299 e. The highest BCUT2D eigenvalue weighted by molar-refractivity contribution is 5.82. The zero-order valence-corrected chi connectivity index (χ0v) is 10.8. The fourth-order valence-electron chi connectivity index (χ4n) is 2.84. The van der Waals surface area contributed by atoms with Gasteiger partial charge in [0.25, 0.3) is 0 Å². The molecule has 0 bridgehead atoms. The van der Waals surface area contributed by atoms with Gasteiger partial charge in [0, 0.05) is 12.3 Å². The summed E-state index contributed by atoms with van der Waals surface area (Å²) in [6.07, 6.45) is 5.09. The number of allylic oxidation sites excluding steroid dienone is 2. The van der Waals surface area contributed by atoms with Gasteiger partial charge in [-0.25, -0.2) is 0 Å². The number of rotatable bonds is 3. The molecule has 1 rings (SSSR count). The average Bonchev–Trinajstić information content (AvgIpc) is 2.12. The maximum Gasteiger partial charge on any atom is 0.137 e. The van der Waals surface area contributed by atoms with E-state index in [1.54, 1.807) is 0 Å². The summed E-state index contributed by atoms with van der Waals surface area (Å²) in [4.78, 5) is 12.1. The van der Waals surface area contributed by atoms with Crippen molar-refractivity contribution < 1.29 is 4.79 Å². The molecule has 0 unspecified atom stereocenters. The van der Waals surface area contributed by atoms with E-state index in [2.05, 4.69) is 40.7 Å². The molecule has 0 aromatic heterocycles. The third kappa shape index (κ3) is 2.32. The first kappa shape index (κ1) is 12.5. The molecule has 0 aliphatic heterocycles. The molecule has 1 nitrogen and oxygen atoms in total. The molecule has 0 fully saturated rings. The van der Waals surface area contributed by atoms with Crippen LogP contribution in [-0.4, -0.2) is 5.78 Å². The highest BCUT2D eigenvalue weighted by Gasteiger charge is 2.41. The zero-order chi connectivity index (χ0) is 11.6. The molecule has 0 saturated heterocycles. The minimum absolute atomic E-state index is 0.0594. The van der Waals surface area contributed by atoms with Gasteiger partial charge < -0.3 is 0 Å². The van der Waals surface area contributed by atoms with Gasteiger partial charge in [-0.2, -0.15) is 0 Å². The fourth-order valence-corrected chi connectivity index (χ4v) is 2.84. The highest BCUT2D eigenvalue weighted by atomic mass is 16.1. The van der Waals surface area contributed by atoms with Crippen LogP contribution in [0.3, 0.4) is 0 Å². The first-order valence-electron chi connectivity index (χ1n) is 6.11. The lowest BCUT2D eigenvalue weighted by Gasteiger charge is -2.41. The van der Waals surface area contributed by atoms with Gasteiger partial charge >= 0.3 is 0 Å². The van der Waals surface area contributed by atoms with Crippen molar-refractivity contribution in [2.45, 2.75) is 53.9 Å². The summed E-state index contributed by atoms with van der Waals surface area (Å²) in [6.45, 7) is 10.9. The lowest BCUT2D eigenvalue weighted by atomic mass is 9.62.